The lowest BCUT2D eigenvalue weighted by molar-refractivity contribution is -0.141. The van der Waals surface area contributed by atoms with Crippen molar-refractivity contribution in [2.45, 2.75) is 13.1 Å². The van der Waals surface area contributed by atoms with Gasteiger partial charge in [0.2, 0.25) is 0 Å². The van der Waals surface area contributed by atoms with E-state index in [2.05, 4.69) is 28.4 Å². The largest absolute Gasteiger partial charge is 0.435 e. The minimum atomic E-state index is -4.52. The van der Waals surface area contributed by atoms with Crippen LogP contribution in [0.25, 0.3) is 44.8 Å². The van der Waals surface area contributed by atoms with Crippen molar-refractivity contribution in [1.29, 1.82) is 0 Å². The SMILES string of the molecule is Cc1ccn(-c2ccccc2-c2ccccc2-c2ccccc2-c2ccccc2-n2ccc(C(F)(F)F)n2)n1. The van der Waals surface area contributed by atoms with E-state index >= 15 is 0 Å². The van der Waals surface area contributed by atoms with Crippen molar-refractivity contribution < 1.29 is 13.2 Å². The smallest absolute Gasteiger partial charge is 0.240 e. The van der Waals surface area contributed by atoms with Crippen LogP contribution in [0.4, 0.5) is 13.2 Å². The van der Waals surface area contributed by atoms with Crippen molar-refractivity contribution in [3.8, 4) is 44.8 Å². The van der Waals surface area contributed by atoms with Gasteiger partial charge < -0.3 is 0 Å². The van der Waals surface area contributed by atoms with Gasteiger partial charge in [0, 0.05) is 23.5 Å². The van der Waals surface area contributed by atoms with Gasteiger partial charge in [-0.15, -0.1) is 0 Å². The number of aromatic nitrogens is 4. The summed E-state index contributed by atoms with van der Waals surface area (Å²) >= 11 is 0. The molecule has 0 aliphatic carbocycles. The Morgan fingerprint density at radius 3 is 1.28 bits per heavy atom. The molecule has 2 aromatic heterocycles. The summed E-state index contributed by atoms with van der Waals surface area (Å²) in [6.07, 6.45) is -1.22. The van der Waals surface area contributed by atoms with E-state index in [0.717, 1.165) is 50.8 Å². The maximum absolute atomic E-state index is 13.3. The number of benzene rings is 4. The van der Waals surface area contributed by atoms with E-state index in [1.165, 1.54) is 10.9 Å². The average Bonchev–Trinajstić information content (AvgIpc) is 3.63. The number of para-hydroxylation sites is 2. The summed E-state index contributed by atoms with van der Waals surface area (Å²) in [6, 6.07) is 34.5. The Hall–Kier alpha value is -4.91. The van der Waals surface area contributed by atoms with Crippen LogP contribution in [0.2, 0.25) is 0 Å². The number of hydrogen-bond donors (Lipinski definition) is 0. The highest BCUT2D eigenvalue weighted by molar-refractivity contribution is 5.94. The van der Waals surface area contributed by atoms with E-state index in [9.17, 15) is 13.2 Å². The Labute approximate surface area is 223 Å². The van der Waals surface area contributed by atoms with E-state index in [0.29, 0.717) is 5.69 Å². The van der Waals surface area contributed by atoms with Gasteiger partial charge in [0.25, 0.3) is 0 Å². The summed E-state index contributed by atoms with van der Waals surface area (Å²) < 4.78 is 43.1. The molecule has 7 heteroatoms. The van der Waals surface area contributed by atoms with E-state index in [4.69, 9.17) is 0 Å². The highest BCUT2D eigenvalue weighted by Crippen LogP contribution is 2.41. The highest BCUT2D eigenvalue weighted by atomic mass is 19.4. The number of halogens is 3. The van der Waals surface area contributed by atoms with Crippen molar-refractivity contribution in [1.82, 2.24) is 19.6 Å². The van der Waals surface area contributed by atoms with Crippen molar-refractivity contribution >= 4 is 0 Å². The molecule has 4 aromatic carbocycles. The lowest BCUT2D eigenvalue weighted by Crippen LogP contribution is -2.07. The third-order valence-electron chi connectivity index (χ3n) is 6.63. The third kappa shape index (κ3) is 4.63. The molecule has 0 N–H and O–H groups in total. The molecule has 6 rings (SSSR count). The Balaban J connectivity index is 1.53. The van der Waals surface area contributed by atoms with Crippen molar-refractivity contribution in [3.05, 3.63) is 133 Å². The lowest BCUT2D eigenvalue weighted by Gasteiger charge is -2.18. The molecule has 4 nitrogen and oxygen atoms in total. The molecule has 39 heavy (non-hydrogen) atoms. The predicted molar refractivity (Wildman–Crippen MR) is 147 cm³/mol. The number of hydrogen-bond acceptors (Lipinski definition) is 2. The highest BCUT2D eigenvalue weighted by Gasteiger charge is 2.33. The molecule has 0 atom stereocenters. The molecule has 0 saturated heterocycles. The predicted octanol–water partition coefficient (Wildman–Crippen LogP) is 8.39. The zero-order valence-corrected chi connectivity index (χ0v) is 21.0. The molecule has 0 spiro atoms. The third-order valence-corrected chi connectivity index (χ3v) is 6.63. The molecule has 192 valence electrons. The van der Waals surface area contributed by atoms with Crippen LogP contribution < -0.4 is 0 Å². The molecule has 0 amide bonds. The maximum Gasteiger partial charge on any atom is 0.435 e. The Bertz CT molecular complexity index is 1780. The molecule has 0 radical (unpaired) electrons. The Morgan fingerprint density at radius 1 is 0.487 bits per heavy atom. The lowest BCUT2D eigenvalue weighted by atomic mass is 9.88. The van der Waals surface area contributed by atoms with Crippen LogP contribution in [0.1, 0.15) is 11.4 Å². The normalized spacial score (nSPS) is 11.6. The first-order valence-corrected chi connectivity index (χ1v) is 12.4. The van der Waals surface area contributed by atoms with Crippen LogP contribution >= 0.6 is 0 Å². The molecule has 0 unspecified atom stereocenters. The van der Waals surface area contributed by atoms with E-state index < -0.39 is 11.9 Å². The first kappa shape index (κ1) is 24.4. The number of nitrogens with zero attached hydrogens (tertiary/aromatic N) is 4. The fraction of sp³-hybridized carbons (Fsp3) is 0.0625. The molecule has 2 heterocycles. The van der Waals surface area contributed by atoms with Crippen LogP contribution in [0.5, 0.6) is 0 Å². The fourth-order valence-corrected chi connectivity index (χ4v) is 4.87. The summed E-state index contributed by atoms with van der Waals surface area (Å²) in [5.41, 5.74) is 7.15. The Kier molecular flexibility index (Phi) is 6.11. The topological polar surface area (TPSA) is 35.6 Å². The first-order chi connectivity index (χ1) is 18.9. The molecule has 0 fully saturated rings. The Morgan fingerprint density at radius 2 is 0.872 bits per heavy atom. The van der Waals surface area contributed by atoms with Crippen LogP contribution in [0.15, 0.2) is 122 Å². The minimum Gasteiger partial charge on any atom is -0.240 e. The quantitative estimate of drug-likeness (QED) is 0.229. The van der Waals surface area contributed by atoms with Gasteiger partial charge in [0.15, 0.2) is 5.69 Å². The van der Waals surface area contributed by atoms with Gasteiger partial charge in [-0.2, -0.15) is 23.4 Å². The zero-order valence-electron chi connectivity index (χ0n) is 21.0. The second kappa shape index (κ2) is 9.76. The number of alkyl halides is 3. The monoisotopic (exact) mass is 520 g/mol. The summed E-state index contributed by atoms with van der Waals surface area (Å²) in [5, 5.41) is 8.46. The van der Waals surface area contributed by atoms with Crippen LogP contribution in [0, 0.1) is 6.92 Å². The maximum atomic E-state index is 13.3. The molecule has 0 saturated carbocycles. The zero-order chi connectivity index (χ0) is 27.0. The average molecular weight is 521 g/mol. The van der Waals surface area contributed by atoms with Crippen LogP contribution in [-0.4, -0.2) is 19.6 Å². The van der Waals surface area contributed by atoms with E-state index in [1.54, 1.807) is 12.1 Å². The second-order valence-corrected chi connectivity index (χ2v) is 9.17. The number of rotatable bonds is 5. The van der Waals surface area contributed by atoms with Crippen molar-refractivity contribution in [2.75, 3.05) is 0 Å². The molecular weight excluding hydrogens is 497 g/mol. The van der Waals surface area contributed by atoms with E-state index in [1.807, 2.05) is 90.6 Å². The molecule has 0 aliphatic rings. The first-order valence-electron chi connectivity index (χ1n) is 12.4. The molecule has 0 aliphatic heterocycles. The molecule has 6 aromatic rings. The van der Waals surface area contributed by atoms with Crippen molar-refractivity contribution in [3.63, 3.8) is 0 Å². The van der Waals surface area contributed by atoms with Gasteiger partial charge in [0.1, 0.15) is 0 Å². The van der Waals surface area contributed by atoms with Crippen molar-refractivity contribution in [2.24, 2.45) is 0 Å². The van der Waals surface area contributed by atoms with Gasteiger partial charge >= 0.3 is 6.18 Å². The van der Waals surface area contributed by atoms with Gasteiger partial charge in [0.05, 0.1) is 17.1 Å². The summed E-state index contributed by atoms with van der Waals surface area (Å²) in [7, 11) is 0. The molecule has 0 bridgehead atoms. The van der Waals surface area contributed by atoms with Crippen LogP contribution in [-0.2, 0) is 6.18 Å². The fourth-order valence-electron chi connectivity index (χ4n) is 4.87. The summed E-state index contributed by atoms with van der Waals surface area (Å²) in [4.78, 5) is 0. The standard InChI is InChI=1S/C32H23F3N4/c1-22-18-20-38(36-22)29-16-8-6-14-27(29)25-12-4-2-10-23(25)24-11-3-5-13-26(24)28-15-7-9-17-30(28)39-21-19-31(37-39)32(33,34)35/h2-21H,1H3. The van der Waals surface area contributed by atoms with Gasteiger partial charge in [-0.1, -0.05) is 84.9 Å². The molecular formula is C32H23F3N4. The van der Waals surface area contributed by atoms with Crippen LogP contribution in [0.3, 0.4) is 0 Å². The minimum absolute atomic E-state index is 0.561. The summed E-state index contributed by atoms with van der Waals surface area (Å²) in [5.74, 6) is 0. The second-order valence-electron chi connectivity index (χ2n) is 9.17. The van der Waals surface area contributed by atoms with Gasteiger partial charge in [-0.3, -0.25) is 0 Å². The van der Waals surface area contributed by atoms with E-state index in [-0.39, 0.29) is 0 Å². The number of aryl methyl sites for hydroxylation is 1. The van der Waals surface area contributed by atoms with Gasteiger partial charge in [-0.05, 0) is 53.4 Å². The summed E-state index contributed by atoms with van der Waals surface area (Å²) in [6.45, 7) is 1.96. The van der Waals surface area contributed by atoms with Gasteiger partial charge in [-0.25, -0.2) is 9.36 Å².